The molecule has 0 aromatic rings. The molecule has 72 valence electrons. The highest BCUT2D eigenvalue weighted by Gasteiger charge is 2.23. The summed E-state index contributed by atoms with van der Waals surface area (Å²) in [6, 6.07) is 0.500. The molecule has 1 rings (SSSR count). The van der Waals surface area contributed by atoms with Crippen molar-refractivity contribution in [1.82, 2.24) is 5.32 Å². The Bertz CT molecular complexity index is 235. The van der Waals surface area contributed by atoms with E-state index >= 15 is 0 Å². The summed E-state index contributed by atoms with van der Waals surface area (Å²) in [4.78, 5) is 0. The van der Waals surface area contributed by atoms with Gasteiger partial charge in [0, 0.05) is 12.1 Å². The van der Waals surface area contributed by atoms with Gasteiger partial charge in [-0.05, 0) is 19.8 Å². The van der Waals surface area contributed by atoms with Crippen molar-refractivity contribution in [2.24, 2.45) is 0 Å². The van der Waals surface area contributed by atoms with Crippen LogP contribution in [0.15, 0.2) is 0 Å². The minimum Gasteiger partial charge on any atom is -0.310 e. The maximum atomic E-state index is 11.3. The molecule has 0 aromatic heterocycles. The van der Waals surface area contributed by atoms with Crippen LogP contribution in [0.2, 0.25) is 0 Å². The molecule has 0 radical (unpaired) electrons. The van der Waals surface area contributed by atoms with E-state index in [-0.39, 0.29) is 6.04 Å². The largest absolute Gasteiger partial charge is 0.310 e. The fourth-order valence-electron chi connectivity index (χ4n) is 1.52. The van der Waals surface area contributed by atoms with E-state index in [9.17, 15) is 8.42 Å². The number of nitrogens with one attached hydrogen (secondary N) is 1. The Labute approximate surface area is 74.5 Å². The number of hydrogen-bond donors (Lipinski definition) is 1. The quantitative estimate of drug-likeness (QED) is 0.659. The zero-order valence-corrected chi connectivity index (χ0v) is 8.52. The van der Waals surface area contributed by atoms with Crippen LogP contribution in [0.4, 0.5) is 0 Å². The van der Waals surface area contributed by atoms with Gasteiger partial charge in [-0.3, -0.25) is 0 Å². The zero-order valence-electron chi connectivity index (χ0n) is 7.71. The molecular weight excluding hydrogens is 174 g/mol. The van der Waals surface area contributed by atoms with Crippen LogP contribution in [-0.2, 0) is 9.84 Å². The Morgan fingerprint density at radius 3 is 2.75 bits per heavy atom. The molecule has 0 aromatic carbocycles. The number of sulfone groups is 1. The molecule has 0 aliphatic carbocycles. The van der Waals surface area contributed by atoms with Crippen molar-refractivity contribution < 1.29 is 8.42 Å². The molecular formula is C8H17NO2S. The summed E-state index contributed by atoms with van der Waals surface area (Å²) in [5, 5.41) is 3.30. The molecule has 4 heteroatoms. The first kappa shape index (κ1) is 9.99. The van der Waals surface area contributed by atoms with Gasteiger partial charge in [0.1, 0.15) is 0 Å². The van der Waals surface area contributed by atoms with Crippen molar-refractivity contribution in [2.45, 2.75) is 38.8 Å². The second-order valence-corrected chi connectivity index (χ2v) is 5.80. The van der Waals surface area contributed by atoms with Crippen LogP contribution in [0.5, 0.6) is 0 Å². The SMILES string of the molecule is CCC1CS(=O)(=O)CCC(C)N1. The molecule has 1 heterocycles. The third kappa shape index (κ3) is 2.75. The topological polar surface area (TPSA) is 46.2 Å². The molecule has 0 saturated carbocycles. The van der Waals surface area contributed by atoms with Gasteiger partial charge in [-0.15, -0.1) is 0 Å². The monoisotopic (exact) mass is 191 g/mol. The lowest BCUT2D eigenvalue weighted by molar-refractivity contribution is 0.462. The summed E-state index contributed by atoms with van der Waals surface area (Å²) in [6.07, 6.45) is 1.64. The fourth-order valence-corrected chi connectivity index (χ4v) is 3.34. The summed E-state index contributed by atoms with van der Waals surface area (Å²) < 4.78 is 22.7. The van der Waals surface area contributed by atoms with Crippen LogP contribution in [-0.4, -0.2) is 32.0 Å². The van der Waals surface area contributed by atoms with Gasteiger partial charge in [0.15, 0.2) is 9.84 Å². The van der Waals surface area contributed by atoms with Crippen LogP contribution in [0.3, 0.4) is 0 Å². The van der Waals surface area contributed by atoms with Crippen LogP contribution in [0.1, 0.15) is 26.7 Å². The van der Waals surface area contributed by atoms with E-state index in [0.717, 1.165) is 12.8 Å². The number of rotatable bonds is 1. The Kier molecular flexibility index (Phi) is 3.12. The number of hydrogen-bond acceptors (Lipinski definition) is 3. The van der Waals surface area contributed by atoms with Crippen molar-refractivity contribution in [3.05, 3.63) is 0 Å². The van der Waals surface area contributed by atoms with E-state index in [2.05, 4.69) is 5.32 Å². The van der Waals surface area contributed by atoms with Crippen molar-refractivity contribution in [1.29, 1.82) is 0 Å². The molecule has 1 fully saturated rings. The third-order valence-electron chi connectivity index (χ3n) is 2.33. The second-order valence-electron chi connectivity index (χ2n) is 3.58. The van der Waals surface area contributed by atoms with E-state index in [1.54, 1.807) is 0 Å². The Balaban J connectivity index is 2.69. The fraction of sp³-hybridized carbons (Fsp3) is 1.00. The lowest BCUT2D eigenvalue weighted by Gasteiger charge is -2.16. The van der Waals surface area contributed by atoms with E-state index in [0.29, 0.717) is 17.5 Å². The molecule has 0 spiro atoms. The van der Waals surface area contributed by atoms with Gasteiger partial charge < -0.3 is 5.32 Å². The molecule has 0 bridgehead atoms. The maximum Gasteiger partial charge on any atom is 0.151 e. The average Bonchev–Trinajstić information content (AvgIpc) is 2.10. The van der Waals surface area contributed by atoms with Crippen LogP contribution in [0.25, 0.3) is 0 Å². The van der Waals surface area contributed by atoms with Crippen molar-refractivity contribution in [3.8, 4) is 0 Å². The predicted molar refractivity (Wildman–Crippen MR) is 49.9 cm³/mol. The second kappa shape index (κ2) is 3.75. The normalized spacial score (nSPS) is 35.8. The Morgan fingerprint density at radius 2 is 2.17 bits per heavy atom. The highest BCUT2D eigenvalue weighted by molar-refractivity contribution is 7.91. The van der Waals surface area contributed by atoms with E-state index < -0.39 is 9.84 Å². The van der Waals surface area contributed by atoms with Crippen LogP contribution in [0, 0.1) is 0 Å². The molecule has 1 aliphatic rings. The van der Waals surface area contributed by atoms with Crippen molar-refractivity contribution in [3.63, 3.8) is 0 Å². The lowest BCUT2D eigenvalue weighted by atomic mass is 10.2. The zero-order chi connectivity index (χ0) is 9.19. The molecule has 1 N–H and O–H groups in total. The van der Waals surface area contributed by atoms with Crippen LogP contribution >= 0.6 is 0 Å². The summed E-state index contributed by atoms with van der Waals surface area (Å²) >= 11 is 0. The first-order chi connectivity index (χ1) is 5.53. The minimum atomic E-state index is -2.78. The molecule has 0 amide bonds. The van der Waals surface area contributed by atoms with Crippen molar-refractivity contribution in [2.75, 3.05) is 11.5 Å². The van der Waals surface area contributed by atoms with Gasteiger partial charge >= 0.3 is 0 Å². The van der Waals surface area contributed by atoms with Crippen LogP contribution < -0.4 is 5.32 Å². The van der Waals surface area contributed by atoms with Gasteiger partial charge in [-0.25, -0.2) is 8.42 Å². The highest BCUT2D eigenvalue weighted by Crippen LogP contribution is 2.09. The molecule has 1 aliphatic heterocycles. The molecule has 2 unspecified atom stereocenters. The van der Waals surface area contributed by atoms with Gasteiger partial charge in [-0.1, -0.05) is 6.92 Å². The highest BCUT2D eigenvalue weighted by atomic mass is 32.2. The lowest BCUT2D eigenvalue weighted by Crippen LogP contribution is -2.37. The van der Waals surface area contributed by atoms with Gasteiger partial charge in [0.25, 0.3) is 0 Å². The predicted octanol–water partition coefficient (Wildman–Crippen LogP) is 0.562. The molecule has 3 nitrogen and oxygen atoms in total. The molecule has 2 atom stereocenters. The molecule has 12 heavy (non-hydrogen) atoms. The van der Waals surface area contributed by atoms with Gasteiger partial charge in [0.2, 0.25) is 0 Å². The maximum absolute atomic E-state index is 11.3. The van der Waals surface area contributed by atoms with E-state index in [4.69, 9.17) is 0 Å². The van der Waals surface area contributed by atoms with Crippen molar-refractivity contribution >= 4 is 9.84 Å². The Morgan fingerprint density at radius 1 is 1.50 bits per heavy atom. The summed E-state index contributed by atoms with van der Waals surface area (Å²) in [5.74, 6) is 0.658. The summed E-state index contributed by atoms with van der Waals surface area (Å²) in [5.41, 5.74) is 0. The van der Waals surface area contributed by atoms with Gasteiger partial charge in [0.05, 0.1) is 11.5 Å². The minimum absolute atomic E-state index is 0.160. The van der Waals surface area contributed by atoms with Gasteiger partial charge in [-0.2, -0.15) is 0 Å². The average molecular weight is 191 g/mol. The molecule has 1 saturated heterocycles. The van der Waals surface area contributed by atoms with E-state index in [1.807, 2.05) is 13.8 Å². The summed E-state index contributed by atoms with van der Waals surface area (Å²) in [6.45, 7) is 4.06. The first-order valence-corrected chi connectivity index (χ1v) is 6.32. The Hall–Kier alpha value is -0.0900. The smallest absolute Gasteiger partial charge is 0.151 e. The third-order valence-corrected chi connectivity index (χ3v) is 4.10. The summed E-state index contributed by atoms with van der Waals surface area (Å²) in [7, 11) is -2.78. The van der Waals surface area contributed by atoms with E-state index in [1.165, 1.54) is 0 Å². The first-order valence-electron chi connectivity index (χ1n) is 4.50. The standard InChI is InChI=1S/C8H17NO2S/c1-3-8-6-12(10,11)5-4-7(2)9-8/h7-9H,3-6H2,1-2H3.